The summed E-state index contributed by atoms with van der Waals surface area (Å²) in [6, 6.07) is 15.1. The highest BCUT2D eigenvalue weighted by molar-refractivity contribution is 7.91. The van der Waals surface area contributed by atoms with E-state index < -0.39 is 9.84 Å². The molecule has 0 unspecified atom stereocenters. The summed E-state index contributed by atoms with van der Waals surface area (Å²) in [5.74, 6) is 1.25. The summed E-state index contributed by atoms with van der Waals surface area (Å²) in [7, 11) is -3.30. The number of benzene rings is 2. The third-order valence-electron chi connectivity index (χ3n) is 4.74. The summed E-state index contributed by atoms with van der Waals surface area (Å²) in [6.45, 7) is 6.59. The molecule has 1 heterocycles. The van der Waals surface area contributed by atoms with Gasteiger partial charge in [-0.05, 0) is 39.0 Å². The average molecular weight is 359 g/mol. The van der Waals surface area contributed by atoms with Crippen molar-refractivity contribution in [1.29, 1.82) is 0 Å². The fourth-order valence-electron chi connectivity index (χ4n) is 3.39. The molecule has 0 aliphatic carbocycles. The van der Waals surface area contributed by atoms with E-state index in [1.165, 1.54) is 5.56 Å². The van der Waals surface area contributed by atoms with Crippen molar-refractivity contribution in [2.45, 2.75) is 43.7 Å². The lowest BCUT2D eigenvalue weighted by Crippen LogP contribution is -2.42. The van der Waals surface area contributed by atoms with E-state index in [1.54, 1.807) is 12.1 Å². The van der Waals surface area contributed by atoms with E-state index in [2.05, 4.69) is 18.3 Å². The third kappa shape index (κ3) is 4.05. The van der Waals surface area contributed by atoms with Crippen molar-refractivity contribution in [2.24, 2.45) is 0 Å². The maximum absolute atomic E-state index is 12.6. The Labute approximate surface area is 150 Å². The van der Waals surface area contributed by atoms with Gasteiger partial charge in [0.15, 0.2) is 9.84 Å². The zero-order valence-electron chi connectivity index (χ0n) is 14.9. The van der Waals surface area contributed by atoms with Crippen molar-refractivity contribution in [1.82, 2.24) is 5.32 Å². The summed E-state index contributed by atoms with van der Waals surface area (Å²) in [5, 5.41) is 3.44. The number of hydrogen-bond donors (Lipinski definition) is 1. The van der Waals surface area contributed by atoms with Crippen LogP contribution in [-0.4, -0.2) is 32.9 Å². The van der Waals surface area contributed by atoms with Crippen molar-refractivity contribution < 1.29 is 13.2 Å². The van der Waals surface area contributed by atoms with Gasteiger partial charge in [-0.2, -0.15) is 0 Å². The van der Waals surface area contributed by atoms with Gasteiger partial charge >= 0.3 is 0 Å². The van der Waals surface area contributed by atoms with Crippen molar-refractivity contribution in [3.63, 3.8) is 0 Å². The third-order valence-corrected chi connectivity index (χ3v) is 6.67. The quantitative estimate of drug-likeness (QED) is 0.860. The van der Waals surface area contributed by atoms with Crippen molar-refractivity contribution in [3.8, 4) is 5.75 Å². The zero-order chi connectivity index (χ0) is 18.0. The first-order valence-electron chi connectivity index (χ1n) is 8.64. The van der Waals surface area contributed by atoms with Crippen molar-refractivity contribution in [3.05, 3.63) is 59.7 Å². The second-order valence-electron chi connectivity index (χ2n) is 6.91. The van der Waals surface area contributed by atoms with Gasteiger partial charge in [0, 0.05) is 23.6 Å². The van der Waals surface area contributed by atoms with E-state index >= 15 is 0 Å². The summed E-state index contributed by atoms with van der Waals surface area (Å²) in [6.07, 6.45) is 0. The smallest absolute Gasteiger partial charge is 0.179 e. The molecule has 0 spiro atoms. The molecule has 0 fully saturated rings. The fraction of sp³-hybridized carbons (Fsp3) is 0.400. The monoisotopic (exact) mass is 359 g/mol. The molecule has 2 aromatic carbocycles. The van der Waals surface area contributed by atoms with Crippen LogP contribution in [0.15, 0.2) is 53.4 Å². The lowest BCUT2D eigenvalue weighted by molar-refractivity contribution is 0.298. The molecule has 1 aliphatic rings. The summed E-state index contributed by atoms with van der Waals surface area (Å²) < 4.78 is 30.9. The molecule has 0 saturated heterocycles. The summed E-state index contributed by atoms with van der Waals surface area (Å²) in [5.41, 5.74) is 2.25. The van der Waals surface area contributed by atoms with E-state index in [9.17, 15) is 8.42 Å². The number of sulfone groups is 1. The van der Waals surface area contributed by atoms with Gasteiger partial charge in [-0.1, -0.05) is 35.9 Å². The molecule has 0 amide bonds. The van der Waals surface area contributed by atoms with Crippen LogP contribution in [0.2, 0.25) is 0 Å². The maximum atomic E-state index is 12.6. The molecular weight excluding hydrogens is 334 g/mol. The minimum absolute atomic E-state index is 0.0790. The Hall–Kier alpha value is -1.85. The Kier molecular flexibility index (Phi) is 5.16. The van der Waals surface area contributed by atoms with E-state index in [0.717, 1.165) is 11.3 Å². The molecule has 3 rings (SSSR count). The molecular formula is C20H25NO3S. The first-order chi connectivity index (χ1) is 11.9. The molecule has 0 radical (unpaired) electrons. The predicted molar refractivity (Wildman–Crippen MR) is 100.0 cm³/mol. The van der Waals surface area contributed by atoms with Crippen LogP contribution in [0.3, 0.4) is 0 Å². The zero-order valence-corrected chi connectivity index (χ0v) is 15.7. The number of rotatable bonds is 6. The van der Waals surface area contributed by atoms with Gasteiger partial charge in [-0.3, -0.25) is 0 Å². The molecule has 1 N–H and O–H groups in total. The van der Waals surface area contributed by atoms with Crippen LogP contribution < -0.4 is 10.1 Å². The first kappa shape index (κ1) is 18.0. The molecule has 0 bridgehead atoms. The fourth-order valence-corrected chi connectivity index (χ4v) is 4.88. The van der Waals surface area contributed by atoms with Crippen LogP contribution in [0.5, 0.6) is 5.75 Å². The predicted octanol–water partition coefficient (Wildman–Crippen LogP) is 3.31. The number of ether oxygens (including phenoxy) is 1. The van der Waals surface area contributed by atoms with Crippen LogP contribution in [0.4, 0.5) is 0 Å². The molecule has 3 atom stereocenters. The summed E-state index contributed by atoms with van der Waals surface area (Å²) in [4.78, 5) is 0.383. The number of fused-ring (bicyclic) bond motifs is 1. The Balaban J connectivity index is 1.64. The average Bonchev–Trinajstić information content (AvgIpc) is 2.98. The van der Waals surface area contributed by atoms with Crippen LogP contribution in [0.25, 0.3) is 0 Å². The second-order valence-corrected chi connectivity index (χ2v) is 8.94. The van der Waals surface area contributed by atoms with E-state index in [-0.39, 0.29) is 23.8 Å². The van der Waals surface area contributed by atoms with E-state index in [4.69, 9.17) is 4.74 Å². The molecule has 1 aliphatic heterocycles. The number of nitrogens with one attached hydrogen (secondary N) is 1. The van der Waals surface area contributed by atoms with Gasteiger partial charge in [-0.25, -0.2) is 8.42 Å². The van der Waals surface area contributed by atoms with Crippen LogP contribution >= 0.6 is 0 Å². The van der Waals surface area contributed by atoms with Gasteiger partial charge < -0.3 is 10.1 Å². The van der Waals surface area contributed by atoms with Crippen molar-refractivity contribution in [2.75, 3.05) is 12.4 Å². The largest absolute Gasteiger partial charge is 0.493 e. The normalized spacial score (nSPS) is 19.1. The van der Waals surface area contributed by atoms with Crippen molar-refractivity contribution >= 4 is 9.84 Å². The van der Waals surface area contributed by atoms with Gasteiger partial charge in [0.05, 0.1) is 17.3 Å². The minimum Gasteiger partial charge on any atom is -0.493 e. The molecule has 0 aromatic heterocycles. The van der Waals surface area contributed by atoms with Gasteiger partial charge in [-0.15, -0.1) is 0 Å². The molecule has 25 heavy (non-hydrogen) atoms. The molecule has 4 nitrogen and oxygen atoms in total. The van der Waals surface area contributed by atoms with Crippen LogP contribution in [0, 0.1) is 6.92 Å². The number of para-hydroxylation sites is 1. The van der Waals surface area contributed by atoms with Crippen LogP contribution in [-0.2, 0) is 9.84 Å². The highest BCUT2D eigenvalue weighted by atomic mass is 32.2. The summed E-state index contributed by atoms with van der Waals surface area (Å²) >= 11 is 0. The lowest BCUT2D eigenvalue weighted by Gasteiger charge is -2.24. The Morgan fingerprint density at radius 3 is 2.52 bits per heavy atom. The Morgan fingerprint density at radius 2 is 1.80 bits per heavy atom. The Morgan fingerprint density at radius 1 is 1.12 bits per heavy atom. The number of hydrogen-bond acceptors (Lipinski definition) is 4. The minimum atomic E-state index is -3.30. The van der Waals surface area contributed by atoms with Gasteiger partial charge in [0.1, 0.15) is 5.75 Å². The van der Waals surface area contributed by atoms with Gasteiger partial charge in [0.2, 0.25) is 0 Å². The van der Waals surface area contributed by atoms with E-state index in [0.29, 0.717) is 11.5 Å². The van der Waals surface area contributed by atoms with Gasteiger partial charge in [0.25, 0.3) is 0 Å². The number of aryl methyl sites for hydroxylation is 1. The highest BCUT2D eigenvalue weighted by Crippen LogP contribution is 2.35. The standard InChI is InChI=1S/C20H25NO3S/c1-14-8-10-17(11-9-14)25(22,23)13-15(2)21-16(3)19-12-24-20-7-5-4-6-18(19)20/h4-11,15-16,19,21H,12-13H2,1-3H3/t15-,16+,19-/m0/s1. The molecule has 134 valence electrons. The SMILES string of the molecule is Cc1ccc(S(=O)(=O)C[C@H](C)N[C@H](C)[C@@H]2COc3ccccc32)cc1. The van der Waals surface area contributed by atoms with Crippen LogP contribution in [0.1, 0.15) is 30.9 Å². The first-order valence-corrected chi connectivity index (χ1v) is 10.3. The topological polar surface area (TPSA) is 55.4 Å². The highest BCUT2D eigenvalue weighted by Gasteiger charge is 2.30. The lowest BCUT2D eigenvalue weighted by atomic mass is 9.94. The molecule has 0 saturated carbocycles. The second kappa shape index (κ2) is 7.18. The Bertz CT molecular complexity index is 830. The maximum Gasteiger partial charge on any atom is 0.179 e. The van der Waals surface area contributed by atoms with E-state index in [1.807, 2.05) is 44.2 Å². The molecule has 2 aromatic rings. The molecule has 5 heteroatoms.